The molecule has 1 aromatic carbocycles. The second kappa shape index (κ2) is 4.36. The molecule has 3 nitrogen and oxygen atoms in total. The number of alkyl halides is 3. The van der Waals surface area contributed by atoms with Gasteiger partial charge in [-0.2, -0.15) is 18.3 Å². The number of hydrogen-bond acceptors (Lipinski definition) is 2. The van der Waals surface area contributed by atoms with Crippen molar-refractivity contribution in [2.24, 2.45) is 0 Å². The van der Waals surface area contributed by atoms with Crippen molar-refractivity contribution in [1.82, 2.24) is 9.78 Å². The fourth-order valence-electron chi connectivity index (χ4n) is 1.60. The lowest BCUT2D eigenvalue weighted by Crippen LogP contribution is -2.17. The van der Waals surface area contributed by atoms with E-state index in [4.69, 9.17) is 5.73 Å². The van der Waals surface area contributed by atoms with Gasteiger partial charge in [0.05, 0.1) is 6.20 Å². The molecule has 6 heteroatoms. The van der Waals surface area contributed by atoms with Crippen LogP contribution in [0, 0.1) is 6.92 Å². The highest BCUT2D eigenvalue weighted by molar-refractivity contribution is 5.67. The highest BCUT2D eigenvalue weighted by Gasteiger charge is 2.28. The van der Waals surface area contributed by atoms with E-state index in [0.29, 0.717) is 11.3 Å². The number of halogens is 3. The Bertz CT molecular complexity index is 558. The molecule has 0 radical (unpaired) electrons. The van der Waals surface area contributed by atoms with Gasteiger partial charge in [0.15, 0.2) is 0 Å². The highest BCUT2D eigenvalue weighted by atomic mass is 19.4. The third-order valence-electron chi connectivity index (χ3n) is 2.59. The standard InChI is InChI=1S/C12H12F3N3/c1-8-2-3-9(4-11(8)16)10-5-17-18(6-10)7-12(13,14)15/h2-6H,7,16H2,1H3. The van der Waals surface area contributed by atoms with E-state index in [1.165, 1.54) is 12.4 Å². The van der Waals surface area contributed by atoms with Gasteiger partial charge in [-0.3, -0.25) is 4.68 Å². The number of nitrogen functional groups attached to an aromatic ring is 1. The summed E-state index contributed by atoms with van der Waals surface area (Å²) < 4.78 is 37.4. The first-order valence-corrected chi connectivity index (χ1v) is 5.31. The van der Waals surface area contributed by atoms with Gasteiger partial charge in [0.2, 0.25) is 0 Å². The van der Waals surface area contributed by atoms with Gasteiger partial charge in [0.25, 0.3) is 0 Å². The predicted molar refractivity (Wildman–Crippen MR) is 62.9 cm³/mol. The van der Waals surface area contributed by atoms with E-state index in [1.807, 2.05) is 13.0 Å². The zero-order valence-electron chi connectivity index (χ0n) is 9.70. The van der Waals surface area contributed by atoms with E-state index in [1.54, 1.807) is 12.1 Å². The van der Waals surface area contributed by atoms with Gasteiger partial charge in [0.1, 0.15) is 6.54 Å². The first kappa shape index (κ1) is 12.5. The lowest BCUT2D eigenvalue weighted by Gasteiger charge is -2.05. The third-order valence-corrected chi connectivity index (χ3v) is 2.59. The Morgan fingerprint density at radius 2 is 2.00 bits per heavy atom. The van der Waals surface area contributed by atoms with Crippen LogP contribution in [-0.2, 0) is 6.54 Å². The van der Waals surface area contributed by atoms with Crippen LogP contribution in [0.4, 0.5) is 18.9 Å². The molecule has 0 amide bonds. The number of benzene rings is 1. The van der Waals surface area contributed by atoms with Crippen molar-refractivity contribution in [2.45, 2.75) is 19.6 Å². The Labute approximate surface area is 102 Å². The Kier molecular flexibility index (Phi) is 3.02. The van der Waals surface area contributed by atoms with Crippen LogP contribution < -0.4 is 5.73 Å². The molecule has 0 saturated heterocycles. The van der Waals surface area contributed by atoms with Gasteiger partial charge in [-0.25, -0.2) is 0 Å². The maximum Gasteiger partial charge on any atom is 0.408 e. The average molecular weight is 255 g/mol. The summed E-state index contributed by atoms with van der Waals surface area (Å²) in [6.45, 7) is 0.778. The summed E-state index contributed by atoms with van der Waals surface area (Å²) in [5.74, 6) is 0. The summed E-state index contributed by atoms with van der Waals surface area (Å²) in [5.41, 5.74) is 8.67. The third kappa shape index (κ3) is 2.82. The van der Waals surface area contributed by atoms with Crippen molar-refractivity contribution in [3.8, 4) is 11.1 Å². The Balaban J connectivity index is 2.26. The lowest BCUT2D eigenvalue weighted by molar-refractivity contribution is -0.142. The van der Waals surface area contributed by atoms with Gasteiger partial charge in [-0.05, 0) is 24.1 Å². The van der Waals surface area contributed by atoms with E-state index >= 15 is 0 Å². The van der Waals surface area contributed by atoms with Gasteiger partial charge in [0, 0.05) is 17.4 Å². The number of aromatic nitrogens is 2. The number of aryl methyl sites for hydroxylation is 1. The van der Waals surface area contributed by atoms with E-state index in [-0.39, 0.29) is 0 Å². The van der Waals surface area contributed by atoms with E-state index < -0.39 is 12.7 Å². The average Bonchev–Trinajstić information content (AvgIpc) is 2.68. The normalized spacial score (nSPS) is 11.8. The first-order chi connectivity index (χ1) is 8.35. The van der Waals surface area contributed by atoms with Crippen molar-refractivity contribution in [2.75, 3.05) is 5.73 Å². The molecule has 18 heavy (non-hydrogen) atoms. The molecular formula is C12H12F3N3. The van der Waals surface area contributed by atoms with Gasteiger partial charge >= 0.3 is 6.18 Å². The quantitative estimate of drug-likeness (QED) is 0.838. The van der Waals surface area contributed by atoms with Crippen LogP contribution in [0.5, 0.6) is 0 Å². The molecule has 0 aliphatic carbocycles. The molecule has 0 fully saturated rings. The minimum atomic E-state index is -4.27. The van der Waals surface area contributed by atoms with Crippen molar-refractivity contribution in [3.05, 3.63) is 36.2 Å². The van der Waals surface area contributed by atoms with E-state index in [0.717, 1.165) is 15.8 Å². The largest absolute Gasteiger partial charge is 0.408 e. The Morgan fingerprint density at radius 1 is 1.28 bits per heavy atom. The Morgan fingerprint density at radius 3 is 2.61 bits per heavy atom. The van der Waals surface area contributed by atoms with Crippen LogP contribution in [0.2, 0.25) is 0 Å². The molecule has 2 aromatic rings. The maximum absolute atomic E-state index is 12.2. The summed E-state index contributed by atoms with van der Waals surface area (Å²) in [5, 5.41) is 3.69. The molecule has 2 rings (SSSR count). The second-order valence-corrected chi connectivity index (χ2v) is 4.11. The fraction of sp³-hybridized carbons (Fsp3) is 0.250. The number of rotatable bonds is 2. The van der Waals surface area contributed by atoms with Crippen LogP contribution in [-0.4, -0.2) is 16.0 Å². The van der Waals surface area contributed by atoms with Crippen molar-refractivity contribution in [1.29, 1.82) is 0 Å². The minimum Gasteiger partial charge on any atom is -0.398 e. The van der Waals surface area contributed by atoms with Crippen molar-refractivity contribution in [3.63, 3.8) is 0 Å². The highest BCUT2D eigenvalue weighted by Crippen LogP contribution is 2.24. The molecule has 96 valence electrons. The molecule has 0 atom stereocenters. The molecule has 1 heterocycles. The van der Waals surface area contributed by atoms with Crippen LogP contribution in [0.1, 0.15) is 5.56 Å². The molecule has 0 spiro atoms. The van der Waals surface area contributed by atoms with Crippen LogP contribution in [0.15, 0.2) is 30.6 Å². The summed E-state index contributed by atoms with van der Waals surface area (Å²) in [6, 6.07) is 5.36. The van der Waals surface area contributed by atoms with Gasteiger partial charge < -0.3 is 5.73 Å². The zero-order valence-corrected chi connectivity index (χ0v) is 9.70. The number of anilines is 1. The topological polar surface area (TPSA) is 43.8 Å². The minimum absolute atomic E-state index is 0.607. The lowest BCUT2D eigenvalue weighted by atomic mass is 10.1. The summed E-state index contributed by atoms with van der Waals surface area (Å²) in [6.07, 6.45) is -1.51. The molecular weight excluding hydrogens is 243 g/mol. The monoisotopic (exact) mass is 255 g/mol. The van der Waals surface area contributed by atoms with Crippen molar-refractivity contribution < 1.29 is 13.2 Å². The molecule has 1 aromatic heterocycles. The van der Waals surface area contributed by atoms with Crippen LogP contribution in [0.3, 0.4) is 0 Å². The first-order valence-electron chi connectivity index (χ1n) is 5.31. The molecule has 2 N–H and O–H groups in total. The van der Waals surface area contributed by atoms with Crippen LogP contribution >= 0.6 is 0 Å². The fourth-order valence-corrected chi connectivity index (χ4v) is 1.60. The SMILES string of the molecule is Cc1ccc(-c2cnn(CC(F)(F)F)c2)cc1N. The van der Waals surface area contributed by atoms with E-state index in [2.05, 4.69) is 5.10 Å². The second-order valence-electron chi connectivity index (χ2n) is 4.11. The van der Waals surface area contributed by atoms with Crippen LogP contribution in [0.25, 0.3) is 11.1 Å². The molecule has 0 aliphatic heterocycles. The van der Waals surface area contributed by atoms with Gasteiger partial charge in [-0.15, -0.1) is 0 Å². The number of nitrogens with zero attached hydrogens (tertiary/aromatic N) is 2. The predicted octanol–water partition coefficient (Wildman–Crippen LogP) is 3.00. The summed E-state index contributed by atoms with van der Waals surface area (Å²) >= 11 is 0. The molecule has 0 saturated carbocycles. The zero-order chi connectivity index (χ0) is 13.3. The molecule has 0 unspecified atom stereocenters. The molecule has 0 bridgehead atoms. The maximum atomic E-state index is 12.2. The molecule has 0 aliphatic rings. The van der Waals surface area contributed by atoms with Crippen molar-refractivity contribution >= 4 is 5.69 Å². The number of nitrogens with two attached hydrogens (primary N) is 1. The summed E-state index contributed by atoms with van der Waals surface area (Å²) in [7, 11) is 0. The van der Waals surface area contributed by atoms with Gasteiger partial charge in [-0.1, -0.05) is 12.1 Å². The summed E-state index contributed by atoms with van der Waals surface area (Å²) in [4.78, 5) is 0. The smallest absolute Gasteiger partial charge is 0.398 e. The van der Waals surface area contributed by atoms with E-state index in [9.17, 15) is 13.2 Å². The number of hydrogen-bond donors (Lipinski definition) is 1. The Hall–Kier alpha value is -1.98.